The van der Waals surface area contributed by atoms with Gasteiger partial charge in [-0.1, -0.05) is 65.3 Å². The summed E-state index contributed by atoms with van der Waals surface area (Å²) in [6.07, 6.45) is 2.63. The Balaban J connectivity index is 1.91. The van der Waals surface area contributed by atoms with Gasteiger partial charge in [-0.15, -0.1) is 0 Å². The topological polar surface area (TPSA) is 36.5 Å². The number of rotatable bonds is 3. The Hall–Kier alpha value is -3.43. The Morgan fingerprint density at radius 3 is 2.06 bits per heavy atom. The maximum Gasteiger partial charge on any atom is 0.240 e. The molecule has 0 atom stereocenters. The van der Waals surface area contributed by atoms with Gasteiger partial charge in [-0.2, -0.15) is 4.57 Å². The van der Waals surface area contributed by atoms with Crippen LogP contribution >= 0.6 is 11.6 Å². The molecule has 5 rings (SSSR count). The predicted octanol–water partition coefficient (Wildman–Crippen LogP) is 6.47. The maximum absolute atomic E-state index is 9.93. The second kappa shape index (κ2) is 8.37. The largest absolute Gasteiger partial charge is 0.410 e. The molecule has 1 aliphatic rings. The fraction of sp³-hybridized carbons (Fsp3) is 0.111. The second-order valence-corrected chi connectivity index (χ2v) is 8.15. The summed E-state index contributed by atoms with van der Waals surface area (Å²) in [5.74, 6) is 0. The van der Waals surface area contributed by atoms with Crippen molar-refractivity contribution < 1.29 is 9.77 Å². The Bertz CT molecular complexity index is 1250. The average molecular weight is 426 g/mol. The molecule has 4 heteroatoms. The van der Waals surface area contributed by atoms with E-state index in [2.05, 4.69) is 52.2 Å². The van der Waals surface area contributed by atoms with Crippen molar-refractivity contribution in [2.45, 2.75) is 19.3 Å². The predicted molar refractivity (Wildman–Crippen MR) is 125 cm³/mol. The van der Waals surface area contributed by atoms with Crippen LogP contribution in [0.15, 0.2) is 96.2 Å². The van der Waals surface area contributed by atoms with Crippen LogP contribution in [0.25, 0.3) is 28.1 Å². The number of oxime groups is 1. The molecule has 1 aliphatic carbocycles. The van der Waals surface area contributed by atoms with Gasteiger partial charge >= 0.3 is 0 Å². The van der Waals surface area contributed by atoms with Gasteiger partial charge in [0.1, 0.15) is 0 Å². The third kappa shape index (κ3) is 3.62. The molecular weight excluding hydrogens is 404 g/mol. The van der Waals surface area contributed by atoms with Crippen molar-refractivity contribution in [2.75, 3.05) is 0 Å². The van der Waals surface area contributed by atoms with E-state index in [0.29, 0.717) is 10.7 Å². The number of aromatic nitrogens is 1. The molecule has 3 aromatic carbocycles. The number of nitrogens with zero attached hydrogens (tertiary/aromatic N) is 2. The third-order valence-electron chi connectivity index (χ3n) is 5.83. The lowest BCUT2D eigenvalue weighted by Gasteiger charge is -2.21. The highest BCUT2D eigenvalue weighted by Crippen LogP contribution is 2.34. The summed E-state index contributed by atoms with van der Waals surface area (Å²) in [6, 6.07) is 30.9. The number of halogens is 1. The molecule has 4 aromatic rings. The van der Waals surface area contributed by atoms with Gasteiger partial charge in [0.05, 0.1) is 0 Å². The van der Waals surface area contributed by atoms with E-state index >= 15 is 0 Å². The van der Waals surface area contributed by atoms with Crippen LogP contribution in [-0.2, 0) is 6.42 Å². The van der Waals surface area contributed by atoms with Gasteiger partial charge < -0.3 is 5.21 Å². The molecule has 0 radical (unpaired) electrons. The highest BCUT2D eigenvalue weighted by Gasteiger charge is 2.34. The number of hydrogen-bond donors (Lipinski definition) is 1. The summed E-state index contributed by atoms with van der Waals surface area (Å²) in [5.41, 5.74) is 8.37. The van der Waals surface area contributed by atoms with Crippen molar-refractivity contribution in [2.24, 2.45) is 5.16 Å². The van der Waals surface area contributed by atoms with E-state index in [1.54, 1.807) is 0 Å². The van der Waals surface area contributed by atoms with Gasteiger partial charge in [0, 0.05) is 40.8 Å². The number of hydrogen-bond acceptors (Lipinski definition) is 2. The van der Waals surface area contributed by atoms with Crippen LogP contribution in [0.1, 0.15) is 24.1 Å². The van der Waals surface area contributed by atoms with Crippen molar-refractivity contribution >= 4 is 17.3 Å². The average Bonchev–Trinajstić information content (AvgIpc) is 2.84. The third-order valence-corrected chi connectivity index (χ3v) is 6.08. The van der Waals surface area contributed by atoms with E-state index < -0.39 is 0 Å². The van der Waals surface area contributed by atoms with E-state index in [1.807, 2.05) is 48.5 Å². The highest BCUT2D eigenvalue weighted by atomic mass is 35.5. The normalized spacial score (nSPS) is 14.4. The summed E-state index contributed by atoms with van der Waals surface area (Å²) < 4.78 is 2.21. The molecule has 0 saturated heterocycles. The molecule has 31 heavy (non-hydrogen) atoms. The lowest BCUT2D eigenvalue weighted by Crippen LogP contribution is -2.43. The zero-order valence-electron chi connectivity index (χ0n) is 17.0. The first-order chi connectivity index (χ1) is 15.3. The molecule has 1 aromatic heterocycles. The van der Waals surface area contributed by atoms with E-state index in [4.69, 9.17) is 11.6 Å². The van der Waals surface area contributed by atoms with Crippen molar-refractivity contribution in [1.82, 2.24) is 0 Å². The summed E-state index contributed by atoms with van der Waals surface area (Å²) >= 11 is 6.19. The van der Waals surface area contributed by atoms with E-state index in [9.17, 15) is 5.21 Å². The first kappa shape index (κ1) is 19.5. The quantitative estimate of drug-likeness (QED) is 0.228. The van der Waals surface area contributed by atoms with Gasteiger partial charge in [0.2, 0.25) is 17.1 Å². The van der Waals surface area contributed by atoms with Gasteiger partial charge in [-0.3, -0.25) is 0 Å². The molecule has 0 amide bonds. The van der Waals surface area contributed by atoms with Crippen LogP contribution in [0, 0.1) is 0 Å². The van der Waals surface area contributed by atoms with Crippen LogP contribution in [0.3, 0.4) is 0 Å². The minimum Gasteiger partial charge on any atom is -0.410 e. The monoisotopic (exact) mass is 425 g/mol. The first-order valence-corrected chi connectivity index (χ1v) is 10.8. The summed E-state index contributed by atoms with van der Waals surface area (Å²) in [6.45, 7) is 0. The van der Waals surface area contributed by atoms with Crippen molar-refractivity contribution in [3.63, 3.8) is 0 Å². The van der Waals surface area contributed by atoms with Crippen molar-refractivity contribution in [3.05, 3.63) is 107 Å². The summed E-state index contributed by atoms with van der Waals surface area (Å²) in [7, 11) is 0. The van der Waals surface area contributed by atoms with Gasteiger partial charge in [0.15, 0.2) is 5.71 Å². The van der Waals surface area contributed by atoms with E-state index in [1.165, 1.54) is 16.7 Å². The smallest absolute Gasteiger partial charge is 0.240 e. The van der Waals surface area contributed by atoms with Gasteiger partial charge in [-0.25, -0.2) is 0 Å². The SMILES string of the molecule is O/N=C1\CCCc2c(-c3ccccc3)cc(-c3ccccc3)[n+](-c3ccc(Cl)cc3)c21. The molecule has 0 spiro atoms. The highest BCUT2D eigenvalue weighted by molar-refractivity contribution is 6.30. The Morgan fingerprint density at radius 2 is 1.42 bits per heavy atom. The number of benzene rings is 3. The number of fused-ring (bicyclic) bond motifs is 1. The molecule has 0 unspecified atom stereocenters. The van der Waals surface area contributed by atoms with Gasteiger partial charge in [0.25, 0.3) is 0 Å². The molecule has 0 bridgehead atoms. The summed E-state index contributed by atoms with van der Waals surface area (Å²) in [5, 5.41) is 14.4. The summed E-state index contributed by atoms with van der Waals surface area (Å²) in [4.78, 5) is 0. The Kier molecular flexibility index (Phi) is 5.27. The Morgan fingerprint density at radius 1 is 0.774 bits per heavy atom. The van der Waals surface area contributed by atoms with Crippen LogP contribution in [0.4, 0.5) is 0 Å². The van der Waals surface area contributed by atoms with Gasteiger partial charge in [-0.05, 0) is 48.2 Å². The second-order valence-electron chi connectivity index (χ2n) is 7.71. The molecule has 0 saturated carbocycles. The molecule has 0 aliphatic heterocycles. The van der Waals surface area contributed by atoms with Crippen molar-refractivity contribution in [1.29, 1.82) is 0 Å². The minimum absolute atomic E-state index is 0.691. The number of pyridine rings is 1. The minimum atomic E-state index is 0.691. The molecule has 1 N–H and O–H groups in total. The van der Waals surface area contributed by atoms with Crippen LogP contribution in [0.2, 0.25) is 5.02 Å². The van der Waals surface area contributed by atoms with Crippen LogP contribution in [-0.4, -0.2) is 10.9 Å². The fourth-order valence-corrected chi connectivity index (χ4v) is 4.56. The lowest BCUT2D eigenvalue weighted by molar-refractivity contribution is -0.586. The van der Waals surface area contributed by atoms with E-state index in [0.717, 1.165) is 41.9 Å². The maximum atomic E-state index is 9.93. The lowest BCUT2D eigenvalue weighted by atomic mass is 9.86. The first-order valence-electron chi connectivity index (χ1n) is 10.5. The van der Waals surface area contributed by atoms with E-state index in [-0.39, 0.29) is 0 Å². The van der Waals surface area contributed by atoms with Crippen LogP contribution in [0.5, 0.6) is 0 Å². The standard InChI is InChI=1S/C27H21ClN2O/c28-21-14-16-22(17-15-21)30-26(20-10-5-2-6-11-20)18-24(19-8-3-1-4-9-19)23-12-7-13-25(29-31)27(23)30/h1-6,8-11,14-18H,7,12-13H2/p+1. The zero-order chi connectivity index (χ0) is 21.2. The molecule has 0 fully saturated rings. The molecular formula is C27H22ClN2O+. The van der Waals surface area contributed by atoms with Crippen LogP contribution < -0.4 is 4.57 Å². The zero-order valence-corrected chi connectivity index (χ0v) is 17.8. The molecule has 1 heterocycles. The molecule has 3 nitrogen and oxygen atoms in total. The fourth-order valence-electron chi connectivity index (χ4n) is 4.43. The molecule has 152 valence electrons. The van der Waals surface area contributed by atoms with Crippen molar-refractivity contribution in [3.8, 4) is 28.1 Å². The Labute approximate surface area is 186 Å².